The van der Waals surface area contributed by atoms with Gasteiger partial charge in [0.1, 0.15) is 18.1 Å². The maximum atomic E-state index is 9.05. The lowest BCUT2D eigenvalue weighted by Gasteiger charge is -2.35. The van der Waals surface area contributed by atoms with Crippen molar-refractivity contribution in [1.82, 2.24) is 29.5 Å². The van der Waals surface area contributed by atoms with E-state index in [1.165, 1.54) is 0 Å². The molecule has 0 aromatic carbocycles. The van der Waals surface area contributed by atoms with Crippen LogP contribution in [0.25, 0.3) is 11.2 Å². The van der Waals surface area contributed by atoms with E-state index in [1.54, 1.807) is 18.6 Å². The first-order chi connectivity index (χ1) is 14.3. The van der Waals surface area contributed by atoms with Crippen molar-refractivity contribution in [3.8, 4) is 6.07 Å². The molecule has 5 heterocycles. The van der Waals surface area contributed by atoms with E-state index in [1.807, 2.05) is 6.33 Å². The molecule has 0 amide bonds. The normalized spacial score (nSPS) is 19.6. The minimum Gasteiger partial charge on any atom is -0.376 e. The van der Waals surface area contributed by atoms with Crippen molar-refractivity contribution in [3.63, 3.8) is 0 Å². The van der Waals surface area contributed by atoms with Gasteiger partial charge in [-0.25, -0.2) is 24.9 Å². The Morgan fingerprint density at radius 3 is 2.76 bits per heavy atom. The lowest BCUT2D eigenvalue weighted by molar-refractivity contribution is 0.0978. The Balaban J connectivity index is 1.33. The quantitative estimate of drug-likeness (QED) is 0.643. The second kappa shape index (κ2) is 7.60. The predicted molar refractivity (Wildman–Crippen MR) is 105 cm³/mol. The Kier molecular flexibility index (Phi) is 4.65. The molecule has 3 aromatic rings. The van der Waals surface area contributed by atoms with Gasteiger partial charge < -0.3 is 19.1 Å². The van der Waals surface area contributed by atoms with E-state index < -0.39 is 0 Å². The lowest BCUT2D eigenvalue weighted by Crippen LogP contribution is -2.47. The van der Waals surface area contributed by atoms with Crippen molar-refractivity contribution < 1.29 is 4.74 Å². The molecule has 10 heteroatoms. The second-order valence-electron chi connectivity index (χ2n) is 7.23. The van der Waals surface area contributed by atoms with Gasteiger partial charge in [-0.3, -0.25) is 0 Å². The van der Waals surface area contributed by atoms with Gasteiger partial charge in [-0.1, -0.05) is 0 Å². The van der Waals surface area contributed by atoms with Crippen molar-refractivity contribution in [2.24, 2.45) is 0 Å². The molecule has 2 aliphatic rings. The highest BCUT2D eigenvalue weighted by atomic mass is 16.5. The fourth-order valence-corrected chi connectivity index (χ4v) is 3.92. The number of anilines is 2. The molecule has 1 unspecified atom stereocenters. The molecule has 0 spiro atoms. The van der Waals surface area contributed by atoms with E-state index in [9.17, 15) is 0 Å². The summed E-state index contributed by atoms with van der Waals surface area (Å²) < 4.78 is 7.82. The molecule has 0 saturated carbocycles. The number of rotatable bonds is 4. The number of piperazine rings is 1. The second-order valence-corrected chi connectivity index (χ2v) is 7.23. The van der Waals surface area contributed by atoms with Gasteiger partial charge in [0, 0.05) is 39.0 Å². The van der Waals surface area contributed by atoms with Crippen LogP contribution in [0.2, 0.25) is 0 Å². The van der Waals surface area contributed by atoms with Crippen LogP contribution in [-0.2, 0) is 11.3 Å². The third-order valence-corrected chi connectivity index (χ3v) is 5.43. The van der Waals surface area contributed by atoms with Gasteiger partial charge in [0.05, 0.1) is 19.0 Å². The zero-order valence-corrected chi connectivity index (χ0v) is 16.0. The zero-order chi connectivity index (χ0) is 19.6. The molecule has 0 radical (unpaired) electrons. The zero-order valence-electron chi connectivity index (χ0n) is 16.0. The number of ether oxygens (including phenoxy) is 1. The maximum Gasteiger partial charge on any atom is 0.226 e. The monoisotopic (exact) mass is 391 g/mol. The first-order valence-corrected chi connectivity index (χ1v) is 9.82. The summed E-state index contributed by atoms with van der Waals surface area (Å²) >= 11 is 0. The van der Waals surface area contributed by atoms with Gasteiger partial charge in [-0.2, -0.15) is 5.26 Å². The van der Waals surface area contributed by atoms with E-state index in [0.29, 0.717) is 11.6 Å². The van der Waals surface area contributed by atoms with Gasteiger partial charge >= 0.3 is 0 Å². The molecule has 2 fully saturated rings. The van der Waals surface area contributed by atoms with E-state index in [4.69, 9.17) is 10.00 Å². The average molecular weight is 391 g/mol. The first-order valence-electron chi connectivity index (χ1n) is 9.82. The Bertz CT molecular complexity index is 1050. The van der Waals surface area contributed by atoms with Gasteiger partial charge in [0.15, 0.2) is 17.0 Å². The highest BCUT2D eigenvalue weighted by molar-refractivity contribution is 5.83. The van der Waals surface area contributed by atoms with Crippen LogP contribution in [0.4, 0.5) is 11.8 Å². The number of imidazole rings is 1. The molecule has 3 aromatic heterocycles. The summed E-state index contributed by atoms with van der Waals surface area (Å²) in [7, 11) is 0. The summed E-state index contributed by atoms with van der Waals surface area (Å²) in [6, 6.07) is 3.68. The maximum absolute atomic E-state index is 9.05. The highest BCUT2D eigenvalue weighted by Crippen LogP contribution is 2.24. The van der Waals surface area contributed by atoms with E-state index in [2.05, 4.69) is 45.4 Å². The first kappa shape index (κ1) is 17.8. The number of fused-ring (bicyclic) bond motifs is 1. The standard InChI is InChI=1S/C19H21N9O/c20-10-14-3-4-21-19(25-14)27-7-5-26(6-8-27)17-16-18(23-12-22-17)28(13-24-16)11-15-2-1-9-29-15/h3-4,12-13,15H,1-2,5-9,11H2. The number of nitrogens with zero attached hydrogens (tertiary/aromatic N) is 9. The average Bonchev–Trinajstić information content (AvgIpc) is 3.44. The van der Waals surface area contributed by atoms with E-state index >= 15 is 0 Å². The minimum atomic E-state index is 0.235. The number of nitriles is 1. The van der Waals surface area contributed by atoms with Crippen LogP contribution in [0.15, 0.2) is 24.9 Å². The van der Waals surface area contributed by atoms with E-state index in [0.717, 1.165) is 69.2 Å². The van der Waals surface area contributed by atoms with Gasteiger partial charge in [-0.15, -0.1) is 0 Å². The van der Waals surface area contributed by atoms with Gasteiger partial charge in [0.25, 0.3) is 0 Å². The van der Waals surface area contributed by atoms with Crippen LogP contribution in [0, 0.1) is 11.3 Å². The molecule has 5 rings (SSSR count). The Morgan fingerprint density at radius 1 is 1.10 bits per heavy atom. The number of hydrogen-bond donors (Lipinski definition) is 0. The summed E-state index contributed by atoms with van der Waals surface area (Å²) in [5.41, 5.74) is 2.05. The molecule has 0 bridgehead atoms. The van der Waals surface area contributed by atoms with Crippen LogP contribution in [0.1, 0.15) is 18.5 Å². The molecule has 0 N–H and O–H groups in total. The lowest BCUT2D eigenvalue weighted by atomic mass is 10.2. The molecule has 29 heavy (non-hydrogen) atoms. The van der Waals surface area contributed by atoms with Crippen molar-refractivity contribution in [1.29, 1.82) is 5.26 Å². The Labute approximate surface area is 167 Å². The Morgan fingerprint density at radius 2 is 1.97 bits per heavy atom. The molecular weight excluding hydrogens is 370 g/mol. The summed E-state index contributed by atoms with van der Waals surface area (Å²) in [6.07, 6.45) is 7.50. The molecule has 2 saturated heterocycles. The largest absolute Gasteiger partial charge is 0.376 e. The summed E-state index contributed by atoms with van der Waals surface area (Å²) in [4.78, 5) is 26.5. The molecule has 10 nitrogen and oxygen atoms in total. The summed E-state index contributed by atoms with van der Waals surface area (Å²) in [6.45, 7) is 4.64. The molecule has 2 aliphatic heterocycles. The van der Waals surface area contributed by atoms with Gasteiger partial charge in [-0.05, 0) is 18.9 Å². The fourth-order valence-electron chi connectivity index (χ4n) is 3.92. The number of aromatic nitrogens is 6. The van der Waals surface area contributed by atoms with Crippen molar-refractivity contribution in [3.05, 3.63) is 30.6 Å². The smallest absolute Gasteiger partial charge is 0.226 e. The third kappa shape index (κ3) is 3.45. The van der Waals surface area contributed by atoms with Crippen LogP contribution < -0.4 is 9.80 Å². The summed E-state index contributed by atoms with van der Waals surface area (Å²) in [5, 5.41) is 9.05. The molecule has 148 valence electrons. The van der Waals surface area contributed by atoms with Crippen molar-refractivity contribution in [2.75, 3.05) is 42.6 Å². The van der Waals surface area contributed by atoms with Crippen LogP contribution >= 0.6 is 0 Å². The fraction of sp³-hybridized carbons (Fsp3) is 0.474. The number of hydrogen-bond acceptors (Lipinski definition) is 9. The van der Waals surface area contributed by atoms with Gasteiger partial charge in [0.2, 0.25) is 5.95 Å². The van der Waals surface area contributed by atoms with Crippen LogP contribution in [0.5, 0.6) is 0 Å². The molecular formula is C19H21N9O. The molecule has 0 aliphatic carbocycles. The summed E-state index contributed by atoms with van der Waals surface area (Å²) in [5.74, 6) is 1.45. The van der Waals surface area contributed by atoms with Crippen molar-refractivity contribution in [2.45, 2.75) is 25.5 Å². The predicted octanol–water partition coefficient (Wildman–Crippen LogP) is 0.994. The third-order valence-electron chi connectivity index (χ3n) is 5.43. The van der Waals surface area contributed by atoms with E-state index in [-0.39, 0.29) is 6.10 Å². The van der Waals surface area contributed by atoms with Crippen LogP contribution in [0.3, 0.4) is 0 Å². The Hall–Kier alpha value is -3.32. The molecule has 1 atom stereocenters. The minimum absolute atomic E-state index is 0.235. The highest BCUT2D eigenvalue weighted by Gasteiger charge is 2.24. The topological polar surface area (TPSA) is 109 Å². The van der Waals surface area contributed by atoms with Crippen molar-refractivity contribution >= 4 is 22.9 Å². The van der Waals surface area contributed by atoms with Crippen LogP contribution in [-0.4, -0.2) is 68.4 Å². The SMILES string of the molecule is N#Cc1ccnc(N2CCN(c3ncnc4c3ncn4CC3CCCO3)CC2)n1.